The number of carboxylic acid groups (broad SMARTS) is 1. The Morgan fingerprint density at radius 2 is 1.51 bits per heavy atom. The van der Waals surface area contributed by atoms with E-state index in [-0.39, 0.29) is 25.4 Å². The topological polar surface area (TPSA) is 95.9 Å². The van der Waals surface area contributed by atoms with E-state index >= 15 is 0 Å². The monoisotopic (exact) mass is 472 g/mol. The summed E-state index contributed by atoms with van der Waals surface area (Å²) in [4.78, 5) is 38.4. The number of nitrogens with one attached hydrogen (secondary N) is 1. The van der Waals surface area contributed by atoms with Gasteiger partial charge in [0.2, 0.25) is 5.91 Å². The van der Waals surface area contributed by atoms with E-state index in [1.54, 1.807) is 19.2 Å². The molecule has 0 radical (unpaired) electrons. The molecule has 180 valence electrons. The molecular formula is C28H28N2O5. The molecule has 1 aliphatic rings. The highest BCUT2D eigenvalue weighted by Crippen LogP contribution is 2.44. The molecule has 0 heterocycles. The molecule has 35 heavy (non-hydrogen) atoms. The van der Waals surface area contributed by atoms with Gasteiger partial charge in [0.25, 0.3) is 0 Å². The second-order valence-corrected chi connectivity index (χ2v) is 8.69. The van der Waals surface area contributed by atoms with Crippen molar-refractivity contribution in [3.63, 3.8) is 0 Å². The number of fused-ring (bicyclic) bond motifs is 3. The van der Waals surface area contributed by atoms with Crippen LogP contribution in [0.15, 0.2) is 72.8 Å². The van der Waals surface area contributed by atoms with Crippen molar-refractivity contribution in [2.24, 2.45) is 0 Å². The van der Waals surface area contributed by atoms with Gasteiger partial charge in [-0.2, -0.15) is 0 Å². The molecule has 0 aliphatic heterocycles. The van der Waals surface area contributed by atoms with E-state index in [1.807, 2.05) is 55.5 Å². The number of benzene rings is 3. The van der Waals surface area contributed by atoms with Crippen molar-refractivity contribution < 1.29 is 24.2 Å². The molecule has 0 spiro atoms. The van der Waals surface area contributed by atoms with Crippen LogP contribution in [-0.4, -0.2) is 42.8 Å². The van der Waals surface area contributed by atoms with E-state index in [9.17, 15) is 14.4 Å². The van der Waals surface area contributed by atoms with Gasteiger partial charge in [0.15, 0.2) is 0 Å². The van der Waals surface area contributed by atoms with Gasteiger partial charge in [-0.25, -0.2) is 4.79 Å². The van der Waals surface area contributed by atoms with Gasteiger partial charge in [-0.1, -0.05) is 66.2 Å². The fraction of sp³-hybridized carbons (Fsp3) is 0.250. The Labute approximate surface area is 204 Å². The zero-order valence-electron chi connectivity index (χ0n) is 19.7. The smallest absolute Gasteiger partial charge is 0.407 e. The summed E-state index contributed by atoms with van der Waals surface area (Å²) in [6.07, 6.45) is -1.07. The molecular weight excluding hydrogens is 444 g/mol. The van der Waals surface area contributed by atoms with Gasteiger partial charge in [0, 0.05) is 25.1 Å². The normalized spacial score (nSPS) is 12.9. The molecule has 0 saturated carbocycles. The van der Waals surface area contributed by atoms with Crippen LogP contribution in [-0.2, 0) is 14.3 Å². The van der Waals surface area contributed by atoms with Crippen LogP contribution in [0.2, 0.25) is 0 Å². The van der Waals surface area contributed by atoms with E-state index < -0.39 is 24.0 Å². The first-order chi connectivity index (χ1) is 16.8. The minimum Gasteiger partial charge on any atom is -0.481 e. The number of aryl methyl sites for hydroxylation is 1. The Morgan fingerprint density at radius 3 is 2.09 bits per heavy atom. The van der Waals surface area contributed by atoms with E-state index in [2.05, 4.69) is 17.4 Å². The lowest BCUT2D eigenvalue weighted by Crippen LogP contribution is -2.48. The number of anilines is 1. The average molecular weight is 473 g/mol. The molecule has 0 bridgehead atoms. The van der Waals surface area contributed by atoms with Crippen molar-refractivity contribution in [3.8, 4) is 11.1 Å². The van der Waals surface area contributed by atoms with Gasteiger partial charge in [-0.3, -0.25) is 9.59 Å². The minimum absolute atomic E-state index is 0.0471. The maximum Gasteiger partial charge on any atom is 0.407 e. The predicted octanol–water partition coefficient (Wildman–Crippen LogP) is 4.73. The molecule has 1 unspecified atom stereocenters. The third-order valence-electron chi connectivity index (χ3n) is 6.33. The number of hydrogen-bond acceptors (Lipinski definition) is 4. The third-order valence-corrected chi connectivity index (χ3v) is 6.33. The molecule has 1 aliphatic carbocycles. The Kier molecular flexibility index (Phi) is 7.15. The summed E-state index contributed by atoms with van der Waals surface area (Å²) >= 11 is 0. The first-order valence-electron chi connectivity index (χ1n) is 11.5. The molecule has 4 rings (SSSR count). The zero-order chi connectivity index (χ0) is 24.9. The molecule has 2 amide bonds. The van der Waals surface area contributed by atoms with E-state index in [4.69, 9.17) is 9.84 Å². The van der Waals surface area contributed by atoms with Gasteiger partial charge in [0.1, 0.15) is 12.6 Å². The van der Waals surface area contributed by atoms with Crippen LogP contribution in [0.3, 0.4) is 0 Å². The van der Waals surface area contributed by atoms with Crippen molar-refractivity contribution in [2.75, 3.05) is 18.6 Å². The van der Waals surface area contributed by atoms with Crippen LogP contribution >= 0.6 is 0 Å². The maximum absolute atomic E-state index is 13.1. The first kappa shape index (κ1) is 24.0. The molecule has 3 aromatic rings. The summed E-state index contributed by atoms with van der Waals surface area (Å²) in [5.41, 5.74) is 6.10. The molecule has 0 fully saturated rings. The lowest BCUT2D eigenvalue weighted by atomic mass is 9.98. The Bertz CT molecular complexity index is 1190. The number of alkyl carbamates (subject to hydrolysis) is 1. The minimum atomic E-state index is -1.05. The molecule has 0 aromatic heterocycles. The van der Waals surface area contributed by atoms with E-state index in [0.717, 1.165) is 27.8 Å². The van der Waals surface area contributed by atoms with Crippen molar-refractivity contribution in [2.45, 2.75) is 31.7 Å². The van der Waals surface area contributed by atoms with Crippen molar-refractivity contribution in [1.82, 2.24) is 5.32 Å². The fourth-order valence-electron chi connectivity index (χ4n) is 4.44. The van der Waals surface area contributed by atoms with Gasteiger partial charge >= 0.3 is 12.1 Å². The lowest BCUT2D eigenvalue weighted by Gasteiger charge is -2.24. The number of hydrogen-bond donors (Lipinski definition) is 2. The zero-order valence-corrected chi connectivity index (χ0v) is 19.7. The fourth-order valence-corrected chi connectivity index (χ4v) is 4.44. The molecule has 7 heteroatoms. The van der Waals surface area contributed by atoms with Gasteiger partial charge in [-0.05, 0) is 47.7 Å². The molecule has 1 atom stereocenters. The summed E-state index contributed by atoms with van der Waals surface area (Å²) in [7, 11) is 1.60. The van der Waals surface area contributed by atoms with Gasteiger partial charge in [0.05, 0.1) is 0 Å². The Morgan fingerprint density at radius 1 is 0.943 bits per heavy atom. The van der Waals surface area contributed by atoms with E-state index in [0.29, 0.717) is 5.69 Å². The SMILES string of the molecule is Cc1ccc(N(C)C(=O)C(CCC(=O)O)NC(=O)OCC2c3ccccc3-c3ccccc32)cc1. The lowest BCUT2D eigenvalue weighted by molar-refractivity contribution is -0.137. The van der Waals surface area contributed by atoms with Gasteiger partial charge in [-0.15, -0.1) is 0 Å². The second kappa shape index (κ2) is 10.4. The first-order valence-corrected chi connectivity index (χ1v) is 11.5. The third kappa shape index (κ3) is 5.35. The summed E-state index contributed by atoms with van der Waals surface area (Å²) in [6.45, 7) is 2.05. The van der Waals surface area contributed by atoms with Crippen LogP contribution in [0.5, 0.6) is 0 Å². The van der Waals surface area contributed by atoms with Crippen LogP contribution in [0, 0.1) is 6.92 Å². The Balaban J connectivity index is 1.45. The van der Waals surface area contributed by atoms with Crippen LogP contribution < -0.4 is 10.2 Å². The van der Waals surface area contributed by atoms with Crippen molar-refractivity contribution in [3.05, 3.63) is 89.5 Å². The van der Waals surface area contributed by atoms with Crippen molar-refractivity contribution in [1.29, 1.82) is 0 Å². The molecule has 2 N–H and O–H groups in total. The summed E-state index contributed by atoms with van der Waals surface area (Å²) in [5, 5.41) is 11.7. The van der Waals surface area contributed by atoms with E-state index in [1.165, 1.54) is 4.90 Å². The number of nitrogens with zero attached hydrogens (tertiary/aromatic N) is 1. The predicted molar refractivity (Wildman–Crippen MR) is 133 cm³/mol. The Hall–Kier alpha value is -4.13. The van der Waals surface area contributed by atoms with Crippen LogP contribution in [0.25, 0.3) is 11.1 Å². The largest absolute Gasteiger partial charge is 0.481 e. The molecule has 7 nitrogen and oxygen atoms in total. The van der Waals surface area contributed by atoms with Crippen LogP contribution in [0.4, 0.5) is 10.5 Å². The summed E-state index contributed by atoms with van der Waals surface area (Å²) in [6, 6.07) is 22.4. The number of rotatable bonds is 8. The average Bonchev–Trinajstić information content (AvgIpc) is 3.18. The summed E-state index contributed by atoms with van der Waals surface area (Å²) in [5.74, 6) is -1.57. The number of ether oxygens (including phenoxy) is 1. The number of likely N-dealkylation sites (N-methyl/N-ethyl adjacent to an activating group) is 1. The second-order valence-electron chi connectivity index (χ2n) is 8.69. The highest BCUT2D eigenvalue weighted by Gasteiger charge is 2.30. The number of aliphatic carboxylic acids is 1. The highest BCUT2D eigenvalue weighted by atomic mass is 16.5. The molecule has 3 aromatic carbocycles. The highest BCUT2D eigenvalue weighted by molar-refractivity contribution is 5.98. The van der Waals surface area contributed by atoms with Crippen LogP contribution in [0.1, 0.15) is 35.4 Å². The van der Waals surface area contributed by atoms with Crippen molar-refractivity contribution >= 4 is 23.7 Å². The van der Waals surface area contributed by atoms with Gasteiger partial charge < -0.3 is 20.1 Å². The number of carboxylic acids is 1. The quantitative estimate of drug-likeness (QED) is 0.494. The standard InChI is InChI=1S/C28H28N2O5/c1-18-11-13-19(14-12-18)30(2)27(33)25(15-16-26(31)32)29-28(34)35-17-24-22-9-5-3-7-20(22)21-8-4-6-10-23(21)24/h3-14,24-25H,15-17H2,1-2H3,(H,29,34)(H,31,32). The number of carbonyl (C=O) groups excluding carboxylic acids is 2. The summed E-state index contributed by atoms with van der Waals surface area (Å²) < 4.78 is 5.56. The number of amides is 2. The molecule has 0 saturated heterocycles. The maximum atomic E-state index is 13.1. The number of carbonyl (C=O) groups is 3.